The van der Waals surface area contributed by atoms with Crippen molar-refractivity contribution in [1.29, 1.82) is 0 Å². The number of amidine groups is 1. The van der Waals surface area contributed by atoms with E-state index in [4.69, 9.17) is 10.9 Å². The molecular weight excluding hydrogens is 240 g/mol. The number of oxime groups is 1. The molecule has 2 heterocycles. The lowest BCUT2D eigenvalue weighted by atomic mass is 9.95. The predicted octanol–water partition coefficient (Wildman–Crippen LogP) is 1.32. The highest BCUT2D eigenvalue weighted by atomic mass is 16.4. The minimum Gasteiger partial charge on any atom is -0.409 e. The van der Waals surface area contributed by atoms with Crippen LogP contribution in [-0.2, 0) is 0 Å². The van der Waals surface area contributed by atoms with Crippen molar-refractivity contribution in [2.75, 3.05) is 32.7 Å². The largest absolute Gasteiger partial charge is 0.409 e. The van der Waals surface area contributed by atoms with Gasteiger partial charge in [-0.15, -0.1) is 0 Å². The van der Waals surface area contributed by atoms with Crippen LogP contribution in [0.25, 0.3) is 0 Å². The summed E-state index contributed by atoms with van der Waals surface area (Å²) in [7, 11) is 0. The van der Waals surface area contributed by atoms with Crippen LogP contribution >= 0.6 is 0 Å². The van der Waals surface area contributed by atoms with Crippen molar-refractivity contribution in [2.24, 2.45) is 16.8 Å². The molecule has 0 bridgehead atoms. The Bertz CT molecular complexity index is 294. The van der Waals surface area contributed by atoms with E-state index >= 15 is 0 Å². The van der Waals surface area contributed by atoms with Crippen molar-refractivity contribution >= 4 is 5.84 Å². The van der Waals surface area contributed by atoms with Crippen LogP contribution < -0.4 is 5.73 Å². The van der Waals surface area contributed by atoms with Gasteiger partial charge in [0.15, 0.2) is 0 Å². The molecule has 0 radical (unpaired) electrons. The topological polar surface area (TPSA) is 65.1 Å². The van der Waals surface area contributed by atoms with E-state index in [0.717, 1.165) is 19.0 Å². The van der Waals surface area contributed by atoms with Gasteiger partial charge in [0.2, 0.25) is 0 Å². The van der Waals surface area contributed by atoms with E-state index in [1.807, 2.05) is 0 Å². The SMILES string of the molecule is CC(CC(N)=NO)N1CCC(CN2CCCC2)CC1. The van der Waals surface area contributed by atoms with E-state index in [2.05, 4.69) is 21.9 Å². The Morgan fingerprint density at radius 3 is 2.47 bits per heavy atom. The van der Waals surface area contributed by atoms with E-state index in [1.54, 1.807) is 0 Å². The van der Waals surface area contributed by atoms with Gasteiger partial charge in [0, 0.05) is 19.0 Å². The minimum atomic E-state index is 0.340. The molecule has 2 saturated heterocycles. The zero-order chi connectivity index (χ0) is 13.7. The molecule has 5 nitrogen and oxygen atoms in total. The maximum Gasteiger partial charge on any atom is 0.140 e. The summed E-state index contributed by atoms with van der Waals surface area (Å²) in [5.74, 6) is 1.21. The second kappa shape index (κ2) is 7.10. The molecule has 110 valence electrons. The van der Waals surface area contributed by atoms with E-state index in [0.29, 0.717) is 18.3 Å². The van der Waals surface area contributed by atoms with Gasteiger partial charge in [0.1, 0.15) is 5.84 Å². The standard InChI is InChI=1S/C14H28N4O/c1-12(10-14(15)16-19)18-8-4-13(5-9-18)11-17-6-2-3-7-17/h12-13,19H,2-11H2,1H3,(H2,15,16). The summed E-state index contributed by atoms with van der Waals surface area (Å²) in [4.78, 5) is 5.10. The third-order valence-corrected chi connectivity index (χ3v) is 4.62. The van der Waals surface area contributed by atoms with Crippen molar-refractivity contribution in [3.8, 4) is 0 Å². The van der Waals surface area contributed by atoms with Crippen molar-refractivity contribution in [3.05, 3.63) is 0 Å². The summed E-state index contributed by atoms with van der Waals surface area (Å²) in [5, 5.41) is 11.7. The average molecular weight is 268 g/mol. The third-order valence-electron chi connectivity index (χ3n) is 4.62. The van der Waals surface area contributed by atoms with Crippen molar-refractivity contribution in [3.63, 3.8) is 0 Å². The van der Waals surface area contributed by atoms with Gasteiger partial charge >= 0.3 is 0 Å². The monoisotopic (exact) mass is 268 g/mol. The smallest absolute Gasteiger partial charge is 0.140 e. The number of rotatable bonds is 5. The molecule has 2 aliphatic rings. The zero-order valence-electron chi connectivity index (χ0n) is 12.1. The van der Waals surface area contributed by atoms with Crippen LogP contribution in [0, 0.1) is 5.92 Å². The molecule has 1 atom stereocenters. The van der Waals surface area contributed by atoms with Gasteiger partial charge in [0.05, 0.1) is 0 Å². The second-order valence-corrected chi connectivity index (χ2v) is 6.13. The van der Waals surface area contributed by atoms with E-state index in [1.165, 1.54) is 45.3 Å². The van der Waals surface area contributed by atoms with E-state index < -0.39 is 0 Å². The molecule has 0 amide bonds. The van der Waals surface area contributed by atoms with E-state index in [-0.39, 0.29) is 0 Å². The van der Waals surface area contributed by atoms with Gasteiger partial charge in [0.25, 0.3) is 0 Å². The fraction of sp³-hybridized carbons (Fsp3) is 0.929. The van der Waals surface area contributed by atoms with Gasteiger partial charge in [-0.05, 0) is 64.7 Å². The first-order chi connectivity index (χ1) is 9.19. The highest BCUT2D eigenvalue weighted by Gasteiger charge is 2.25. The van der Waals surface area contributed by atoms with Crippen molar-refractivity contribution < 1.29 is 5.21 Å². The Labute approximate surface area is 116 Å². The van der Waals surface area contributed by atoms with Crippen LogP contribution in [0.15, 0.2) is 5.16 Å². The maximum absolute atomic E-state index is 8.62. The molecule has 0 saturated carbocycles. The number of nitrogens with two attached hydrogens (primary N) is 1. The Hall–Kier alpha value is -0.810. The molecule has 19 heavy (non-hydrogen) atoms. The summed E-state index contributed by atoms with van der Waals surface area (Å²) in [5.41, 5.74) is 5.58. The predicted molar refractivity (Wildman–Crippen MR) is 77.5 cm³/mol. The van der Waals surface area contributed by atoms with Crippen LogP contribution in [0.1, 0.15) is 39.0 Å². The third kappa shape index (κ3) is 4.35. The molecule has 0 aromatic rings. The second-order valence-electron chi connectivity index (χ2n) is 6.13. The molecule has 1 unspecified atom stereocenters. The van der Waals surface area contributed by atoms with Crippen molar-refractivity contribution in [2.45, 2.75) is 45.1 Å². The maximum atomic E-state index is 8.62. The number of piperidine rings is 1. The highest BCUT2D eigenvalue weighted by molar-refractivity contribution is 5.80. The average Bonchev–Trinajstić information content (AvgIpc) is 2.92. The zero-order valence-corrected chi connectivity index (χ0v) is 12.1. The quantitative estimate of drug-likeness (QED) is 0.342. The molecule has 2 rings (SSSR count). The Morgan fingerprint density at radius 1 is 1.26 bits per heavy atom. The molecule has 3 N–H and O–H groups in total. The summed E-state index contributed by atoms with van der Waals surface area (Å²) in [6.07, 6.45) is 6.01. The normalized spacial score (nSPS) is 25.8. The lowest BCUT2D eigenvalue weighted by molar-refractivity contribution is 0.124. The molecule has 2 fully saturated rings. The summed E-state index contributed by atoms with van der Waals surface area (Å²) >= 11 is 0. The first kappa shape index (κ1) is 14.6. The van der Waals surface area contributed by atoms with Crippen LogP contribution in [0.4, 0.5) is 0 Å². The molecule has 5 heteroatoms. The van der Waals surface area contributed by atoms with Gasteiger partial charge < -0.3 is 20.7 Å². The van der Waals surface area contributed by atoms with E-state index in [9.17, 15) is 0 Å². The van der Waals surface area contributed by atoms with Crippen LogP contribution in [0.2, 0.25) is 0 Å². The number of likely N-dealkylation sites (tertiary alicyclic amines) is 2. The molecule has 0 aromatic carbocycles. The number of hydrogen-bond acceptors (Lipinski definition) is 4. The fourth-order valence-electron chi connectivity index (χ4n) is 3.38. The summed E-state index contributed by atoms with van der Waals surface area (Å²) in [6.45, 7) is 8.37. The number of hydrogen-bond donors (Lipinski definition) is 2. The molecule has 0 aliphatic carbocycles. The van der Waals surface area contributed by atoms with Gasteiger partial charge in [-0.25, -0.2) is 0 Å². The van der Waals surface area contributed by atoms with Gasteiger partial charge in [-0.1, -0.05) is 5.16 Å². The molecular formula is C14H28N4O. The lowest BCUT2D eigenvalue weighted by Crippen LogP contribution is -2.43. The number of nitrogens with zero attached hydrogens (tertiary/aromatic N) is 3. The van der Waals surface area contributed by atoms with Gasteiger partial charge in [-0.3, -0.25) is 0 Å². The highest BCUT2D eigenvalue weighted by Crippen LogP contribution is 2.22. The lowest BCUT2D eigenvalue weighted by Gasteiger charge is -2.37. The fourth-order valence-corrected chi connectivity index (χ4v) is 3.38. The summed E-state index contributed by atoms with van der Waals surface area (Å²) < 4.78 is 0. The first-order valence-corrected chi connectivity index (χ1v) is 7.62. The van der Waals surface area contributed by atoms with Gasteiger partial charge in [-0.2, -0.15) is 0 Å². The Balaban J connectivity index is 1.69. The first-order valence-electron chi connectivity index (χ1n) is 7.62. The van der Waals surface area contributed by atoms with Crippen LogP contribution in [0.5, 0.6) is 0 Å². The molecule has 0 spiro atoms. The Kier molecular flexibility index (Phi) is 5.45. The van der Waals surface area contributed by atoms with Crippen molar-refractivity contribution in [1.82, 2.24) is 9.80 Å². The molecule has 0 aromatic heterocycles. The van der Waals surface area contributed by atoms with Crippen LogP contribution in [-0.4, -0.2) is 59.6 Å². The summed E-state index contributed by atoms with van der Waals surface area (Å²) in [6, 6.07) is 0.378. The Morgan fingerprint density at radius 2 is 1.89 bits per heavy atom. The minimum absolute atomic E-state index is 0.340. The van der Waals surface area contributed by atoms with Crippen LogP contribution in [0.3, 0.4) is 0 Å². The molecule has 2 aliphatic heterocycles.